The molecule has 8 saturated heterocycles. The third-order valence-corrected chi connectivity index (χ3v) is 34.4. The van der Waals surface area contributed by atoms with E-state index in [1.165, 1.54) is 158 Å². The lowest BCUT2D eigenvalue weighted by atomic mass is 9.74. The predicted molar refractivity (Wildman–Crippen MR) is 521 cm³/mol. The molecule has 19 rings (SSSR count). The van der Waals surface area contributed by atoms with Gasteiger partial charge >= 0.3 is 0 Å². The molecule has 9 aliphatic rings. The van der Waals surface area contributed by atoms with Gasteiger partial charge in [0.1, 0.15) is 5.82 Å². The van der Waals surface area contributed by atoms with Gasteiger partial charge in [0.15, 0.2) is 0 Å². The molecule has 10 aromatic carbocycles. The molecular formula is C108H133FN8O10S3. The fraction of sp³-hybridized carbons (Fsp3) is 0.444. The Labute approximate surface area is 773 Å². The second-order valence-electron chi connectivity index (χ2n) is 37.7. The van der Waals surface area contributed by atoms with Crippen LogP contribution in [-0.4, -0.2) is 253 Å². The number of nitrogens with zero attached hydrogens (tertiary/aromatic N) is 8. The van der Waals surface area contributed by atoms with E-state index in [2.05, 4.69) is 234 Å². The van der Waals surface area contributed by atoms with Crippen LogP contribution < -0.4 is 0 Å². The number of hydrogen-bond acceptors (Lipinski definition) is 15. The van der Waals surface area contributed by atoms with Crippen LogP contribution in [0.3, 0.4) is 0 Å². The number of hydrogen-bond donors (Lipinski definition) is 2. The van der Waals surface area contributed by atoms with Crippen LogP contribution in [0, 0.1) is 39.4 Å². The molecule has 130 heavy (non-hydrogen) atoms. The van der Waals surface area contributed by atoms with Gasteiger partial charge in [-0.3, -0.25) is 19.6 Å². The smallest absolute Gasteiger partial charge is 0.243 e. The zero-order chi connectivity index (χ0) is 90.8. The molecule has 690 valence electrons. The summed E-state index contributed by atoms with van der Waals surface area (Å²) in [6.07, 6.45) is 12.1. The number of methoxy groups -OCH3 is 2. The van der Waals surface area contributed by atoms with Gasteiger partial charge in [0.25, 0.3) is 0 Å². The van der Waals surface area contributed by atoms with Gasteiger partial charge in [0.05, 0.1) is 43.3 Å². The van der Waals surface area contributed by atoms with Gasteiger partial charge in [-0.2, -0.15) is 4.31 Å². The molecular weight excluding hydrogens is 1680 g/mol. The molecule has 0 unspecified atom stereocenters. The maximum Gasteiger partial charge on any atom is 0.243 e. The number of benzene rings is 10. The number of ether oxygens (including phenoxy) is 2. The highest BCUT2D eigenvalue weighted by Gasteiger charge is 2.54. The zero-order valence-electron chi connectivity index (χ0n) is 76.8. The largest absolute Gasteiger partial charge is 0.395 e. The zero-order valence-corrected chi connectivity index (χ0v) is 79.3. The topological polar surface area (TPSA) is 187 Å². The Hall–Kier alpha value is -8.50. The first-order valence-electron chi connectivity index (χ1n) is 47.3. The summed E-state index contributed by atoms with van der Waals surface area (Å²) in [7, 11) is -6.86. The minimum atomic E-state index is -3.71. The van der Waals surface area contributed by atoms with Gasteiger partial charge in [0, 0.05) is 139 Å². The Morgan fingerprint density at radius 2 is 0.669 bits per heavy atom. The van der Waals surface area contributed by atoms with E-state index < -0.39 is 35.9 Å². The number of rotatable bonds is 22. The molecule has 0 aromatic heterocycles. The maximum atomic E-state index is 13.5. The van der Waals surface area contributed by atoms with Crippen molar-refractivity contribution in [2.45, 2.75) is 175 Å². The highest BCUT2D eigenvalue weighted by atomic mass is 32.2. The molecule has 0 bridgehead atoms. The number of aliphatic hydroxyl groups excluding tert-OH is 2. The average Bonchev–Trinajstić information content (AvgIpc) is 1.08. The first-order chi connectivity index (χ1) is 63.0. The van der Waals surface area contributed by atoms with Crippen molar-refractivity contribution in [3.8, 4) is 44.5 Å². The monoisotopic (exact) mass is 1820 g/mol. The minimum Gasteiger partial charge on any atom is -0.395 e. The number of halogens is 1. The first-order valence-corrected chi connectivity index (χ1v) is 52.2. The van der Waals surface area contributed by atoms with Gasteiger partial charge < -0.3 is 24.6 Å². The lowest BCUT2D eigenvalue weighted by Gasteiger charge is -2.57. The van der Waals surface area contributed by atoms with Crippen molar-refractivity contribution < 1.29 is 49.3 Å². The lowest BCUT2D eigenvalue weighted by Crippen LogP contribution is -2.68. The van der Waals surface area contributed by atoms with Crippen molar-refractivity contribution >= 4 is 30.1 Å². The van der Waals surface area contributed by atoms with Gasteiger partial charge in [-0.05, 0) is 249 Å². The van der Waals surface area contributed by atoms with E-state index in [0.717, 1.165) is 82.7 Å². The molecule has 1 saturated carbocycles. The highest BCUT2D eigenvalue weighted by molar-refractivity contribution is 7.89. The Morgan fingerprint density at radius 1 is 0.354 bits per heavy atom. The Kier molecular flexibility index (Phi) is 31.2. The van der Waals surface area contributed by atoms with Gasteiger partial charge in [-0.25, -0.2) is 38.3 Å². The third-order valence-electron chi connectivity index (χ3n) is 29.5. The summed E-state index contributed by atoms with van der Waals surface area (Å²) in [6.45, 7) is 20.9. The van der Waals surface area contributed by atoms with Gasteiger partial charge in [0.2, 0.25) is 30.1 Å². The Bertz CT molecular complexity index is 5740. The van der Waals surface area contributed by atoms with Crippen LogP contribution in [-0.2, 0) is 45.3 Å². The van der Waals surface area contributed by atoms with E-state index in [1.54, 1.807) is 27.1 Å². The number of sulfonamides is 3. The summed E-state index contributed by atoms with van der Waals surface area (Å²) in [4.78, 5) is 12.7. The molecule has 8 heterocycles. The SMILES string of the molecule is COC[C@@H]1[C@H](c2ccc(-c3ccccc3C)cc2)[C@@H]2CN(S(=O)(=O)Cc3ccccc3)CCCCN12.COC[C@@H]1[C@H](c2ccc(-c3ccccc3C)cc2)[C@@H]2CN(S(=O)(=O)c3ccc(F)cc3)CCCCN12.Cc1ccccc1-c1ccc([C@H]2[C@@H](CO)N3CCCCN(CC4CC4)C[C@@H]23)cc1.Cc1ccccc1-c1ccc([C@H]2[C@@H](CO)N3CCCCN(S(C)(=O)=O)C[C@@H]23)cc1. The molecule has 10 aromatic rings. The standard InChI is InChI=1S/C30H36N2O3S.C29H33FN2O3S.C26H34N2O.C23H30N2O3S/c1-23-10-6-7-13-27(23)25-14-16-26(17-15-25)30-28-20-31(18-8-9-19-32(28)29(30)21-35-2)36(33,34)22-24-11-4-3-5-12-24;1-21-7-3-4-8-26(21)22-9-11-23(12-10-22)29-27-19-31(17-5-6-18-32(27)28(29)20-35-2)36(33,34)25-15-13-24(30)14-16-25;1-19-6-2-3-7-23(19)21-10-12-22(13-11-21)26-24-17-27(16-20-8-9-20)14-4-5-15-28(24)25(26)18-29;1-17-7-3-4-8-20(17)18-9-11-19(12-10-18)23-21-15-24(29(2,27)28)13-5-6-14-25(21)22(23)16-26/h3-7,10-17,28-30H,8-9,18-22H2,1-2H3;3-4,7-16,27-29H,5-6,17-20H2,1-2H3;2-3,6-7,10-13,20,24-26,29H,4-5,8-9,14-18H2,1H3;3-4,7-12,21-23,26H,5-6,13-16H2,1-2H3/t28-,29+,30+;27-,28+,29+;24-,25+,26+;21-,22+,23+/m0000/s1. The maximum absolute atomic E-state index is 13.5. The summed E-state index contributed by atoms with van der Waals surface area (Å²) in [5, 5.41) is 20.2. The van der Waals surface area contributed by atoms with Crippen molar-refractivity contribution in [3.05, 3.63) is 305 Å². The highest BCUT2D eigenvalue weighted by Crippen LogP contribution is 2.49. The number of aryl methyl sites for hydroxylation is 4. The lowest BCUT2D eigenvalue weighted by molar-refractivity contribution is -0.0649. The normalized spacial score (nSPS) is 25.1. The number of aliphatic hydroxyl groups is 2. The van der Waals surface area contributed by atoms with Crippen LogP contribution in [0.15, 0.2) is 254 Å². The minimum absolute atomic E-state index is 0.0534. The van der Waals surface area contributed by atoms with Crippen molar-refractivity contribution in [2.24, 2.45) is 5.92 Å². The average molecular weight is 1820 g/mol. The molecule has 0 radical (unpaired) electrons. The van der Waals surface area contributed by atoms with E-state index in [1.807, 2.05) is 42.5 Å². The van der Waals surface area contributed by atoms with Gasteiger partial charge in [-0.1, -0.05) is 224 Å². The van der Waals surface area contributed by atoms with Crippen molar-refractivity contribution in [1.82, 2.24) is 37.4 Å². The quantitative estimate of drug-likeness (QED) is 0.0652. The molecule has 22 heteroatoms. The molecule has 1 aliphatic carbocycles. The van der Waals surface area contributed by atoms with Crippen LogP contribution >= 0.6 is 0 Å². The molecule has 0 amide bonds. The van der Waals surface area contributed by atoms with Crippen molar-refractivity contribution in [3.63, 3.8) is 0 Å². The van der Waals surface area contributed by atoms with E-state index >= 15 is 0 Å². The van der Waals surface area contributed by atoms with Crippen LogP contribution in [0.4, 0.5) is 4.39 Å². The van der Waals surface area contributed by atoms with Crippen LogP contribution in [0.1, 0.15) is 138 Å². The molecule has 9 fully saturated rings. The Balaban J connectivity index is 0.000000127. The summed E-state index contributed by atoms with van der Waals surface area (Å²) < 4.78 is 108. The van der Waals surface area contributed by atoms with E-state index in [0.29, 0.717) is 64.4 Å². The molecule has 12 atom stereocenters. The second-order valence-corrected chi connectivity index (χ2v) is 43.6. The summed E-state index contributed by atoms with van der Waals surface area (Å²) in [5.74, 6) is 1.56. The molecule has 2 N–H and O–H groups in total. The molecule has 18 nitrogen and oxygen atoms in total. The summed E-state index contributed by atoms with van der Waals surface area (Å²) >= 11 is 0. The van der Waals surface area contributed by atoms with Gasteiger partial charge in [-0.15, -0.1) is 0 Å². The molecule has 0 spiro atoms. The van der Waals surface area contributed by atoms with Crippen molar-refractivity contribution in [2.75, 3.05) is 132 Å². The Morgan fingerprint density at radius 3 is 1.03 bits per heavy atom. The predicted octanol–water partition coefficient (Wildman–Crippen LogP) is 17.3. The fourth-order valence-corrected chi connectivity index (χ4v) is 26.4. The van der Waals surface area contributed by atoms with Crippen LogP contribution in [0.25, 0.3) is 44.5 Å². The van der Waals surface area contributed by atoms with Crippen LogP contribution in [0.5, 0.6) is 0 Å². The molecule has 8 aliphatic heterocycles. The van der Waals surface area contributed by atoms with E-state index in [9.17, 15) is 39.9 Å². The summed E-state index contributed by atoms with van der Waals surface area (Å²) in [6, 6.07) is 85.4. The summed E-state index contributed by atoms with van der Waals surface area (Å²) in [5.41, 5.74) is 20.8. The van der Waals surface area contributed by atoms with E-state index in [-0.39, 0.29) is 83.9 Å². The van der Waals surface area contributed by atoms with Crippen molar-refractivity contribution in [1.29, 1.82) is 0 Å². The first kappa shape index (κ1) is 94.7. The van der Waals surface area contributed by atoms with E-state index in [4.69, 9.17) is 9.47 Å². The fourth-order valence-electron chi connectivity index (χ4n) is 22.4. The third kappa shape index (κ3) is 21.5. The number of fused-ring (bicyclic) bond motifs is 4. The second kappa shape index (κ2) is 42.8. The van der Waals surface area contributed by atoms with Crippen LogP contribution in [0.2, 0.25) is 0 Å².